The van der Waals surface area contributed by atoms with Crippen molar-refractivity contribution in [1.82, 2.24) is 24.5 Å². The first-order valence-corrected chi connectivity index (χ1v) is 30.1. The van der Waals surface area contributed by atoms with E-state index in [1.807, 2.05) is 24.3 Å². The summed E-state index contributed by atoms with van der Waals surface area (Å²) in [5.41, 5.74) is 1.57. The maximum atomic E-state index is 14.0. The van der Waals surface area contributed by atoms with Gasteiger partial charge in [-0.15, -0.1) is 8.78 Å². The molecule has 1 saturated heterocycles. The normalized spacial score (nSPS) is 17.7. The lowest BCUT2D eigenvalue weighted by molar-refractivity contribution is -0.286. The summed E-state index contributed by atoms with van der Waals surface area (Å²) in [7, 11) is -3.85. The summed E-state index contributed by atoms with van der Waals surface area (Å²) in [6, 6.07) is 26.3. The van der Waals surface area contributed by atoms with Gasteiger partial charge in [-0.1, -0.05) is 30.3 Å². The van der Waals surface area contributed by atoms with Gasteiger partial charge in [0.15, 0.2) is 11.5 Å². The van der Waals surface area contributed by atoms with E-state index < -0.39 is 58.6 Å². The fourth-order valence-electron chi connectivity index (χ4n) is 10.7. The number of carbonyl (C=O) groups excluding carboxylic acids is 2. The van der Waals surface area contributed by atoms with Crippen LogP contribution in [-0.2, 0) is 55.3 Å². The second-order valence-corrected chi connectivity index (χ2v) is 23.1. The monoisotopic (exact) mass is 1250 g/mol. The fourth-order valence-corrected chi connectivity index (χ4v) is 12.2. The zero-order valence-corrected chi connectivity index (χ0v) is 48.4. The number of nitrogens with one attached hydrogen (secondary N) is 2. The van der Waals surface area contributed by atoms with Crippen molar-refractivity contribution < 1.29 is 92.8 Å². The molecule has 1 aliphatic carbocycles. The lowest BCUT2D eigenvalue weighted by atomic mass is 9.90. The molecular formula is C61H65F4N5O17S. The quantitative estimate of drug-likeness (QED) is 0.0285. The first kappa shape index (κ1) is 63.1. The van der Waals surface area contributed by atoms with Crippen LogP contribution in [0.1, 0.15) is 82.8 Å². The number of benzene rings is 5. The number of carboxylic acid groups (broad SMARTS) is 1. The molecular weight excluding hydrogens is 1180 g/mol. The van der Waals surface area contributed by atoms with Gasteiger partial charge in [-0.2, -0.15) is 13.1 Å². The number of aromatic nitrogens is 2. The van der Waals surface area contributed by atoms with Crippen molar-refractivity contribution in [3.05, 3.63) is 148 Å². The zero-order valence-electron chi connectivity index (χ0n) is 47.6. The number of hydrogen-bond acceptors (Lipinski definition) is 17. The maximum absolute atomic E-state index is 14.0. The van der Waals surface area contributed by atoms with Crippen LogP contribution in [0, 0.1) is 0 Å². The standard InChI is InChI=1S/C61H65F4N5O17S/c62-59(63)84-45-9-11-47-50(68-58(75)60(16-17-60)43-6-13-51-54(33-43)87-61(64,65)86-51)36-52(85-53(47)34-45)41-2-1-3-42(32-41)56(73)66-18-21-78-22-23-79-24-25-80-26-27-81-28-29-82-30-31-83-44-7-4-39(5-8-44)40-14-19-70(20-15-40)88(76,77)46-10-12-48-49(35-46)67-38-69(57(48)74)37-55(71)72/h1-13,32-35,38,40,50,52,59H,14-31,36-37H2,(H,66,73)(H,68,75)(H,71,72)/t50-,52-/m1/s1. The van der Waals surface area contributed by atoms with Crippen LogP contribution >= 0.6 is 0 Å². The van der Waals surface area contributed by atoms with Crippen molar-refractivity contribution in [2.45, 2.75) is 79.9 Å². The van der Waals surface area contributed by atoms with Crippen molar-refractivity contribution in [3.8, 4) is 28.7 Å². The van der Waals surface area contributed by atoms with Crippen LogP contribution in [0.15, 0.2) is 119 Å². The molecule has 3 aliphatic heterocycles. The van der Waals surface area contributed by atoms with Crippen LogP contribution in [0.25, 0.3) is 10.9 Å². The van der Waals surface area contributed by atoms with Crippen molar-refractivity contribution in [2.75, 3.05) is 92.3 Å². The molecule has 2 fully saturated rings. The Morgan fingerprint density at radius 2 is 1.39 bits per heavy atom. The third-order valence-electron chi connectivity index (χ3n) is 15.3. The minimum Gasteiger partial charge on any atom is -0.491 e. The second kappa shape index (κ2) is 28.5. The summed E-state index contributed by atoms with van der Waals surface area (Å²) >= 11 is 0. The number of aliphatic carboxylic acids is 1. The third kappa shape index (κ3) is 15.8. The van der Waals surface area contributed by atoms with Gasteiger partial charge in [0, 0.05) is 43.2 Å². The minimum atomic E-state index is -3.85. The van der Waals surface area contributed by atoms with Gasteiger partial charge >= 0.3 is 18.9 Å². The first-order chi connectivity index (χ1) is 42.4. The topological polar surface area (TPSA) is 260 Å². The largest absolute Gasteiger partial charge is 0.586 e. The van der Waals surface area contributed by atoms with E-state index in [9.17, 15) is 45.2 Å². The van der Waals surface area contributed by atoms with Crippen molar-refractivity contribution in [1.29, 1.82) is 0 Å². The summed E-state index contributed by atoms with van der Waals surface area (Å²) in [5.74, 6) is -1.37. The molecule has 1 saturated carbocycles. The Morgan fingerprint density at radius 1 is 0.727 bits per heavy atom. The van der Waals surface area contributed by atoms with E-state index >= 15 is 0 Å². The average Bonchev–Trinajstić information content (AvgIpc) is 1.72. The SMILES string of the molecule is O=C(O)Cn1cnc2cc(S(=O)(=O)N3CCC(c4ccc(OCCOCCOCCOCCOCCOCCNC(=O)c5cccc([C@H]6C[C@@H](NC(=O)C7(c8ccc9c(c8)OC(F)(F)O9)CC7)c7ccc(OC(F)F)cc7O6)c5)cc4)CC3)ccc2c1=O. The minimum absolute atomic E-state index is 0.0176. The summed E-state index contributed by atoms with van der Waals surface area (Å²) in [5, 5.41) is 15.1. The van der Waals surface area contributed by atoms with Crippen molar-refractivity contribution in [3.63, 3.8) is 0 Å². The van der Waals surface area contributed by atoms with E-state index in [2.05, 4.69) is 29.8 Å². The molecule has 2 atom stereocenters. The summed E-state index contributed by atoms with van der Waals surface area (Å²) in [6.07, 6.45) is -1.11. The van der Waals surface area contributed by atoms with Gasteiger partial charge in [0.1, 0.15) is 36.5 Å². The molecule has 4 aliphatic rings. The number of fused-ring (bicyclic) bond motifs is 3. The molecule has 4 heterocycles. The number of nitrogens with zero attached hydrogens (tertiary/aromatic N) is 3. The van der Waals surface area contributed by atoms with E-state index in [1.54, 1.807) is 30.3 Å². The summed E-state index contributed by atoms with van der Waals surface area (Å²) < 4.78 is 137. The molecule has 2 amide bonds. The first-order valence-electron chi connectivity index (χ1n) is 28.6. The van der Waals surface area contributed by atoms with E-state index in [4.69, 9.17) is 38.3 Å². The Hall–Kier alpha value is -7.92. The Kier molecular flexibility index (Phi) is 20.4. The summed E-state index contributed by atoms with van der Waals surface area (Å²) in [4.78, 5) is 55.2. The van der Waals surface area contributed by atoms with Crippen molar-refractivity contribution in [2.24, 2.45) is 0 Å². The number of carbonyl (C=O) groups is 3. The van der Waals surface area contributed by atoms with Gasteiger partial charge in [0.2, 0.25) is 15.9 Å². The molecule has 5 aromatic carbocycles. The van der Waals surface area contributed by atoms with Gasteiger partial charge in [-0.05, 0) is 115 Å². The van der Waals surface area contributed by atoms with Gasteiger partial charge < -0.3 is 63.1 Å². The van der Waals surface area contributed by atoms with Gasteiger partial charge in [-0.25, -0.2) is 13.4 Å². The third-order valence-corrected chi connectivity index (χ3v) is 17.2. The highest BCUT2D eigenvalue weighted by Gasteiger charge is 2.53. The number of ether oxygens (including phenoxy) is 10. The van der Waals surface area contributed by atoms with Gasteiger partial charge in [-0.3, -0.25) is 23.7 Å². The maximum Gasteiger partial charge on any atom is 0.586 e. The molecule has 27 heteroatoms. The predicted octanol–water partition coefficient (Wildman–Crippen LogP) is 7.28. The molecule has 1 aromatic heterocycles. The molecule has 22 nitrogen and oxygen atoms in total. The molecule has 0 bridgehead atoms. The van der Waals surface area contributed by atoms with Gasteiger partial charge in [0.25, 0.3) is 11.5 Å². The molecule has 3 N–H and O–H groups in total. The Balaban J connectivity index is 0.549. The van der Waals surface area contributed by atoms with E-state index in [-0.39, 0.29) is 82.7 Å². The molecule has 0 radical (unpaired) electrons. The predicted molar refractivity (Wildman–Crippen MR) is 305 cm³/mol. The highest BCUT2D eigenvalue weighted by Crippen LogP contribution is 2.53. The molecule has 470 valence electrons. The molecule has 10 rings (SSSR count). The molecule has 0 unspecified atom stereocenters. The summed E-state index contributed by atoms with van der Waals surface area (Å²) in [6.45, 7) is 0.905. The molecule has 0 spiro atoms. The van der Waals surface area contributed by atoms with E-state index in [0.29, 0.717) is 126 Å². The highest BCUT2D eigenvalue weighted by atomic mass is 32.2. The second-order valence-electron chi connectivity index (χ2n) is 21.1. The van der Waals surface area contributed by atoms with E-state index in [1.165, 1.54) is 52.8 Å². The number of sulfonamides is 1. The number of halogens is 4. The highest BCUT2D eigenvalue weighted by molar-refractivity contribution is 7.89. The number of piperidine rings is 1. The van der Waals surface area contributed by atoms with Crippen LogP contribution in [-0.4, -0.2) is 150 Å². The Labute approximate surface area is 502 Å². The zero-order chi connectivity index (χ0) is 61.8. The van der Waals surface area contributed by atoms with Crippen LogP contribution in [0.5, 0.6) is 28.7 Å². The van der Waals surface area contributed by atoms with Gasteiger partial charge in [0.05, 0.1) is 99.7 Å². The number of carboxylic acids is 1. The van der Waals surface area contributed by atoms with E-state index in [0.717, 1.165) is 16.5 Å². The number of hydrogen-bond donors (Lipinski definition) is 3. The number of rotatable bonds is 31. The number of amides is 2. The molecule has 6 aromatic rings. The fraction of sp³-hybridized carbons (Fsp3) is 0.426. The van der Waals surface area contributed by atoms with Crippen LogP contribution in [0.2, 0.25) is 0 Å². The lowest BCUT2D eigenvalue weighted by Crippen LogP contribution is -2.39. The number of alkyl halides is 4. The van der Waals surface area contributed by atoms with Crippen LogP contribution in [0.3, 0.4) is 0 Å². The lowest BCUT2D eigenvalue weighted by Gasteiger charge is -2.34. The molecule has 88 heavy (non-hydrogen) atoms. The Bertz CT molecular complexity index is 3610. The smallest absolute Gasteiger partial charge is 0.491 e. The Morgan fingerprint density at radius 3 is 2.06 bits per heavy atom. The average molecular weight is 1250 g/mol. The van der Waals surface area contributed by atoms with Crippen LogP contribution < -0.4 is 39.9 Å². The van der Waals surface area contributed by atoms with Crippen LogP contribution in [0.4, 0.5) is 17.6 Å². The van der Waals surface area contributed by atoms with Crippen molar-refractivity contribution >= 4 is 38.7 Å².